The Bertz CT molecular complexity index is 1010. The molecule has 5 nitrogen and oxygen atoms in total. The van der Waals surface area contributed by atoms with Crippen LogP contribution in [0, 0.1) is 13.8 Å². The molecule has 3 rings (SSSR count). The fourth-order valence-corrected chi connectivity index (χ4v) is 2.67. The van der Waals surface area contributed by atoms with Crippen LogP contribution < -0.4 is 10.6 Å². The van der Waals surface area contributed by atoms with Crippen LogP contribution in [0.5, 0.6) is 0 Å². The lowest BCUT2D eigenvalue weighted by Gasteiger charge is -2.11. The molecule has 0 spiro atoms. The van der Waals surface area contributed by atoms with Gasteiger partial charge in [0, 0.05) is 28.7 Å². The molecule has 0 radical (unpaired) electrons. The molecule has 0 aliphatic heterocycles. The van der Waals surface area contributed by atoms with Crippen LogP contribution >= 0.6 is 0 Å². The molecule has 0 aliphatic carbocycles. The third-order valence-electron chi connectivity index (χ3n) is 4.20. The quantitative estimate of drug-likeness (QED) is 0.636. The first-order valence-corrected chi connectivity index (χ1v) is 8.65. The smallest absolute Gasteiger partial charge is 0.255 e. The van der Waals surface area contributed by atoms with E-state index < -0.39 is 0 Å². The SMILES string of the molecule is CC(=O)c1cccc(Nc2cc(C(=O)Nc3cc(C)ccc3C)ccn2)c1. The van der Waals surface area contributed by atoms with Crippen molar-refractivity contribution < 1.29 is 9.59 Å². The van der Waals surface area contributed by atoms with E-state index in [1.165, 1.54) is 6.92 Å². The molecule has 0 atom stereocenters. The van der Waals surface area contributed by atoms with Gasteiger partial charge >= 0.3 is 0 Å². The van der Waals surface area contributed by atoms with Gasteiger partial charge in [-0.1, -0.05) is 24.3 Å². The van der Waals surface area contributed by atoms with Crippen molar-refractivity contribution >= 4 is 28.9 Å². The highest BCUT2D eigenvalue weighted by Crippen LogP contribution is 2.20. The number of hydrogen-bond donors (Lipinski definition) is 2. The van der Waals surface area contributed by atoms with E-state index in [1.807, 2.05) is 38.1 Å². The van der Waals surface area contributed by atoms with Crippen molar-refractivity contribution in [1.29, 1.82) is 0 Å². The topological polar surface area (TPSA) is 71.1 Å². The maximum absolute atomic E-state index is 12.6. The Morgan fingerprint density at radius 3 is 2.52 bits per heavy atom. The molecule has 0 saturated carbocycles. The normalized spacial score (nSPS) is 10.3. The summed E-state index contributed by atoms with van der Waals surface area (Å²) in [6, 6.07) is 16.4. The zero-order valence-electron chi connectivity index (χ0n) is 15.5. The summed E-state index contributed by atoms with van der Waals surface area (Å²) in [5.74, 6) is 0.323. The van der Waals surface area contributed by atoms with Gasteiger partial charge < -0.3 is 10.6 Å². The van der Waals surface area contributed by atoms with E-state index in [9.17, 15) is 9.59 Å². The molecule has 0 unspecified atom stereocenters. The van der Waals surface area contributed by atoms with Crippen LogP contribution in [0.25, 0.3) is 0 Å². The molecule has 2 N–H and O–H groups in total. The number of ketones is 1. The van der Waals surface area contributed by atoms with Gasteiger partial charge in [-0.3, -0.25) is 9.59 Å². The molecule has 1 heterocycles. The minimum Gasteiger partial charge on any atom is -0.340 e. The Morgan fingerprint density at radius 1 is 0.926 bits per heavy atom. The molecule has 3 aromatic rings. The monoisotopic (exact) mass is 359 g/mol. The number of nitrogens with one attached hydrogen (secondary N) is 2. The highest BCUT2D eigenvalue weighted by Gasteiger charge is 2.10. The third-order valence-corrected chi connectivity index (χ3v) is 4.20. The molecular weight excluding hydrogens is 338 g/mol. The second kappa shape index (κ2) is 7.83. The van der Waals surface area contributed by atoms with Crippen LogP contribution in [0.1, 0.15) is 38.8 Å². The van der Waals surface area contributed by atoms with Crippen molar-refractivity contribution in [1.82, 2.24) is 4.98 Å². The van der Waals surface area contributed by atoms with Crippen molar-refractivity contribution in [3.8, 4) is 0 Å². The lowest BCUT2D eigenvalue weighted by Crippen LogP contribution is -2.13. The first kappa shape index (κ1) is 18.3. The van der Waals surface area contributed by atoms with Crippen molar-refractivity contribution in [2.75, 3.05) is 10.6 Å². The maximum atomic E-state index is 12.6. The minimum absolute atomic E-state index is 0.00624. The van der Waals surface area contributed by atoms with Gasteiger partial charge in [0.1, 0.15) is 5.82 Å². The average molecular weight is 359 g/mol. The van der Waals surface area contributed by atoms with Gasteiger partial charge in [0.2, 0.25) is 0 Å². The summed E-state index contributed by atoms with van der Waals surface area (Å²) < 4.78 is 0. The third kappa shape index (κ3) is 4.58. The summed E-state index contributed by atoms with van der Waals surface area (Å²) >= 11 is 0. The minimum atomic E-state index is -0.202. The number of amides is 1. The lowest BCUT2D eigenvalue weighted by molar-refractivity contribution is 0.101. The van der Waals surface area contributed by atoms with E-state index in [2.05, 4.69) is 15.6 Å². The highest BCUT2D eigenvalue weighted by molar-refractivity contribution is 6.05. The summed E-state index contributed by atoms with van der Waals surface area (Å²) in [6.45, 7) is 5.46. The van der Waals surface area contributed by atoms with Crippen LogP contribution in [0.2, 0.25) is 0 Å². The Labute approximate surface area is 158 Å². The van der Waals surface area contributed by atoms with Crippen LogP contribution in [0.4, 0.5) is 17.2 Å². The van der Waals surface area contributed by atoms with Crippen LogP contribution in [-0.4, -0.2) is 16.7 Å². The molecule has 1 aromatic heterocycles. The number of anilines is 3. The zero-order chi connectivity index (χ0) is 19.4. The number of nitrogens with zero attached hydrogens (tertiary/aromatic N) is 1. The molecular formula is C22H21N3O2. The van der Waals surface area contributed by atoms with E-state index in [1.54, 1.807) is 36.5 Å². The van der Waals surface area contributed by atoms with E-state index >= 15 is 0 Å². The van der Waals surface area contributed by atoms with Gasteiger partial charge in [0.25, 0.3) is 5.91 Å². The lowest BCUT2D eigenvalue weighted by atomic mass is 10.1. The van der Waals surface area contributed by atoms with Gasteiger partial charge in [-0.05, 0) is 62.2 Å². The number of aryl methyl sites for hydroxylation is 2. The first-order chi connectivity index (χ1) is 12.9. The summed E-state index contributed by atoms with van der Waals surface area (Å²) in [7, 11) is 0. The Kier molecular flexibility index (Phi) is 5.31. The van der Waals surface area contributed by atoms with Crippen molar-refractivity contribution in [3.05, 3.63) is 83.0 Å². The number of carbonyl (C=O) groups is 2. The molecule has 1 amide bonds. The summed E-state index contributed by atoms with van der Waals surface area (Å²) in [5, 5.41) is 6.08. The predicted molar refractivity (Wildman–Crippen MR) is 108 cm³/mol. The second-order valence-electron chi connectivity index (χ2n) is 6.46. The molecule has 136 valence electrons. The number of rotatable bonds is 5. The number of Topliss-reactive ketones (excluding diaryl/α,β-unsaturated/α-hetero) is 1. The molecule has 0 fully saturated rings. The van der Waals surface area contributed by atoms with Crippen LogP contribution in [0.15, 0.2) is 60.8 Å². The number of benzene rings is 2. The average Bonchev–Trinajstić information content (AvgIpc) is 2.65. The fourth-order valence-electron chi connectivity index (χ4n) is 2.67. The van der Waals surface area contributed by atoms with Crippen molar-refractivity contribution in [2.45, 2.75) is 20.8 Å². The van der Waals surface area contributed by atoms with Gasteiger partial charge in [-0.25, -0.2) is 4.98 Å². The molecule has 0 aliphatic rings. The van der Waals surface area contributed by atoms with Crippen LogP contribution in [0.3, 0.4) is 0 Å². The van der Waals surface area contributed by atoms with E-state index in [4.69, 9.17) is 0 Å². The number of carbonyl (C=O) groups excluding carboxylic acids is 2. The van der Waals surface area contributed by atoms with E-state index in [0.29, 0.717) is 16.9 Å². The molecule has 0 bridgehead atoms. The maximum Gasteiger partial charge on any atom is 0.255 e. The number of pyridine rings is 1. The zero-order valence-corrected chi connectivity index (χ0v) is 15.5. The second-order valence-corrected chi connectivity index (χ2v) is 6.46. The summed E-state index contributed by atoms with van der Waals surface area (Å²) in [6.07, 6.45) is 1.58. The number of aromatic nitrogens is 1. The molecule has 2 aromatic carbocycles. The van der Waals surface area contributed by atoms with Gasteiger partial charge in [0.15, 0.2) is 5.78 Å². The standard InChI is InChI=1S/C22H21N3O2/c1-14-7-8-15(2)20(11-14)25-22(27)18-9-10-23-21(13-18)24-19-6-4-5-17(12-19)16(3)26/h4-13H,1-3H3,(H,23,24)(H,25,27). The van der Waals surface area contributed by atoms with Crippen molar-refractivity contribution in [3.63, 3.8) is 0 Å². The fraction of sp³-hybridized carbons (Fsp3) is 0.136. The van der Waals surface area contributed by atoms with Gasteiger partial charge in [-0.2, -0.15) is 0 Å². The predicted octanol–water partition coefficient (Wildman–Crippen LogP) is 4.90. The van der Waals surface area contributed by atoms with E-state index in [0.717, 1.165) is 22.5 Å². The molecule has 0 saturated heterocycles. The Balaban J connectivity index is 1.79. The van der Waals surface area contributed by atoms with E-state index in [-0.39, 0.29) is 11.7 Å². The van der Waals surface area contributed by atoms with Crippen LogP contribution in [-0.2, 0) is 0 Å². The Morgan fingerprint density at radius 2 is 1.74 bits per heavy atom. The largest absolute Gasteiger partial charge is 0.340 e. The first-order valence-electron chi connectivity index (χ1n) is 8.65. The highest BCUT2D eigenvalue weighted by atomic mass is 16.1. The van der Waals surface area contributed by atoms with Gasteiger partial charge in [-0.15, -0.1) is 0 Å². The molecule has 5 heteroatoms. The summed E-state index contributed by atoms with van der Waals surface area (Å²) in [5.41, 5.74) is 4.73. The van der Waals surface area contributed by atoms with Gasteiger partial charge in [0.05, 0.1) is 0 Å². The molecule has 27 heavy (non-hydrogen) atoms. The summed E-state index contributed by atoms with van der Waals surface area (Å²) in [4.78, 5) is 28.4. The number of hydrogen-bond acceptors (Lipinski definition) is 4. The Hall–Kier alpha value is -3.47. The van der Waals surface area contributed by atoms with Crippen molar-refractivity contribution in [2.24, 2.45) is 0 Å².